The molecule has 63 heavy (non-hydrogen) atoms. The molecule has 332 valence electrons. The van der Waals surface area contributed by atoms with Gasteiger partial charge in [-0.15, -0.1) is 0 Å². The number of benzene rings is 3. The lowest BCUT2D eigenvalue weighted by Gasteiger charge is -2.37. The highest BCUT2D eigenvalue weighted by atomic mass is 19.1. The van der Waals surface area contributed by atoms with Gasteiger partial charge in [0, 0.05) is 102 Å². The lowest BCUT2D eigenvalue weighted by Crippen LogP contribution is -2.50. The predicted molar refractivity (Wildman–Crippen MR) is 249 cm³/mol. The van der Waals surface area contributed by atoms with Gasteiger partial charge in [0.1, 0.15) is 29.0 Å². The van der Waals surface area contributed by atoms with Crippen molar-refractivity contribution in [3.63, 3.8) is 0 Å². The van der Waals surface area contributed by atoms with Crippen LogP contribution in [0.15, 0.2) is 122 Å². The van der Waals surface area contributed by atoms with Crippen LogP contribution in [-0.2, 0) is 4.79 Å². The summed E-state index contributed by atoms with van der Waals surface area (Å²) >= 11 is 0. The Kier molecular flexibility index (Phi) is 16.3. The average molecular weight is 857 g/mol. The van der Waals surface area contributed by atoms with Crippen molar-refractivity contribution in [3.05, 3.63) is 133 Å². The summed E-state index contributed by atoms with van der Waals surface area (Å²) in [6.07, 6.45) is 9.06. The third-order valence-electron chi connectivity index (χ3n) is 12.3. The van der Waals surface area contributed by atoms with E-state index < -0.39 is 0 Å². The Hall–Kier alpha value is -6.05. The third-order valence-corrected chi connectivity index (χ3v) is 12.3. The molecule has 12 nitrogen and oxygen atoms in total. The number of pyridine rings is 2. The summed E-state index contributed by atoms with van der Waals surface area (Å²) < 4.78 is 24.3. The van der Waals surface area contributed by atoms with Gasteiger partial charge in [0.05, 0.1) is 25.6 Å². The van der Waals surface area contributed by atoms with E-state index >= 15 is 0 Å². The minimum atomic E-state index is -0.362. The molecule has 2 amide bonds. The molecule has 2 aliphatic heterocycles. The summed E-state index contributed by atoms with van der Waals surface area (Å²) in [6.45, 7) is 10.2. The second-order valence-electron chi connectivity index (χ2n) is 16.2. The van der Waals surface area contributed by atoms with E-state index in [1.165, 1.54) is 30.7 Å². The number of carbonyl (C=O) groups is 2. The highest BCUT2D eigenvalue weighted by Crippen LogP contribution is 2.30. The Morgan fingerprint density at radius 3 is 1.52 bits per heavy atom. The highest BCUT2D eigenvalue weighted by Gasteiger charge is 2.29. The number of aromatic nitrogens is 2. The van der Waals surface area contributed by atoms with E-state index in [1.54, 1.807) is 31.5 Å². The summed E-state index contributed by atoms with van der Waals surface area (Å²) in [4.78, 5) is 48.5. The molecule has 5 aromatic rings. The van der Waals surface area contributed by atoms with E-state index in [4.69, 9.17) is 9.47 Å². The van der Waals surface area contributed by atoms with Crippen LogP contribution >= 0.6 is 0 Å². The summed E-state index contributed by atoms with van der Waals surface area (Å²) in [5.41, 5.74) is 2.71. The van der Waals surface area contributed by atoms with E-state index in [-0.39, 0.29) is 23.5 Å². The molecule has 8 rings (SSSR count). The van der Waals surface area contributed by atoms with Gasteiger partial charge >= 0.3 is 0 Å². The molecule has 0 atom stereocenters. The van der Waals surface area contributed by atoms with Gasteiger partial charge in [-0.1, -0.05) is 55.7 Å². The zero-order chi connectivity index (χ0) is 43.8. The zero-order valence-electron chi connectivity index (χ0n) is 36.7. The largest absolute Gasteiger partial charge is 0.495 e. The topological polar surface area (TPSA) is 97.8 Å². The van der Waals surface area contributed by atoms with Crippen molar-refractivity contribution in [3.8, 4) is 11.5 Å². The monoisotopic (exact) mass is 856 g/mol. The number of hydrogen-bond donors (Lipinski definition) is 0. The number of ether oxygens (including phenoxy) is 2. The third kappa shape index (κ3) is 12.1. The number of nitrogens with zero attached hydrogens (tertiary/aromatic N) is 8. The van der Waals surface area contributed by atoms with Crippen molar-refractivity contribution in [2.24, 2.45) is 5.92 Å². The maximum atomic E-state index is 13.3. The first-order chi connectivity index (χ1) is 30.9. The van der Waals surface area contributed by atoms with E-state index in [0.717, 1.165) is 120 Å². The van der Waals surface area contributed by atoms with Crippen LogP contribution in [0, 0.1) is 11.7 Å². The van der Waals surface area contributed by atoms with Crippen molar-refractivity contribution in [2.45, 2.75) is 32.1 Å². The molecule has 4 heterocycles. The molecular formula is C50H61FN8O4. The van der Waals surface area contributed by atoms with Gasteiger partial charge in [-0.3, -0.25) is 29.2 Å². The van der Waals surface area contributed by atoms with Crippen molar-refractivity contribution in [2.75, 3.05) is 112 Å². The zero-order valence-corrected chi connectivity index (χ0v) is 36.7. The van der Waals surface area contributed by atoms with E-state index in [9.17, 15) is 14.0 Å². The van der Waals surface area contributed by atoms with Crippen molar-refractivity contribution < 1.29 is 23.5 Å². The van der Waals surface area contributed by atoms with Gasteiger partial charge in [-0.05, 0) is 85.6 Å². The molecule has 13 heteroatoms. The van der Waals surface area contributed by atoms with Crippen LogP contribution in [0.1, 0.15) is 42.5 Å². The molecule has 1 aliphatic carbocycles. The lowest BCUT2D eigenvalue weighted by molar-refractivity contribution is -0.123. The van der Waals surface area contributed by atoms with Gasteiger partial charge in [0.15, 0.2) is 0 Å². The average Bonchev–Trinajstić information content (AvgIpc) is 3.35. The fourth-order valence-corrected chi connectivity index (χ4v) is 8.69. The molecule has 3 aliphatic rings. The standard InChI is InChI=1S/C25H27FN4O2.C25H34N4O2/c1-32-23-7-3-2-6-22(23)29-17-14-28(15-18-29)16-19-30(24-8-4-5-13-27-24)25(31)20-9-11-21(26)12-10-20;1-31-23-12-6-5-11-22(23)28-18-15-27(16-19-28)17-20-29(24-13-7-8-14-26-24)25(30)21-9-3-2-4-10-21/h2-13H,14-19H2,1H3;5-8,11-14,21H,2-4,9-10,15-20H2,1H3. The predicted octanol–water partition coefficient (Wildman–Crippen LogP) is 7.52. The van der Waals surface area contributed by atoms with E-state index in [0.29, 0.717) is 24.5 Å². The number of amides is 2. The summed E-state index contributed by atoms with van der Waals surface area (Å²) in [5.74, 6) is 3.04. The number of piperazine rings is 2. The van der Waals surface area contributed by atoms with Crippen LogP contribution < -0.4 is 29.1 Å². The minimum Gasteiger partial charge on any atom is -0.495 e. The van der Waals surface area contributed by atoms with Gasteiger partial charge in [0.25, 0.3) is 5.91 Å². The fourth-order valence-electron chi connectivity index (χ4n) is 8.69. The Balaban J connectivity index is 0.000000189. The lowest BCUT2D eigenvalue weighted by atomic mass is 9.88. The number of methoxy groups -OCH3 is 2. The summed E-state index contributed by atoms with van der Waals surface area (Å²) in [5, 5.41) is 0. The van der Waals surface area contributed by atoms with Gasteiger partial charge in [0.2, 0.25) is 5.91 Å². The molecule has 0 spiro atoms. The molecule has 1 saturated carbocycles. The molecule has 0 N–H and O–H groups in total. The fraction of sp³-hybridized carbons (Fsp3) is 0.400. The molecule has 0 bridgehead atoms. The smallest absolute Gasteiger partial charge is 0.259 e. The number of para-hydroxylation sites is 4. The van der Waals surface area contributed by atoms with Gasteiger partial charge in [-0.2, -0.15) is 0 Å². The Morgan fingerprint density at radius 1 is 0.587 bits per heavy atom. The minimum absolute atomic E-state index is 0.151. The van der Waals surface area contributed by atoms with Crippen LogP contribution in [0.25, 0.3) is 0 Å². The Bertz CT molecular complexity index is 2160. The van der Waals surface area contributed by atoms with E-state index in [1.807, 2.05) is 71.6 Å². The molecular weight excluding hydrogens is 796 g/mol. The highest BCUT2D eigenvalue weighted by molar-refractivity contribution is 6.05. The van der Waals surface area contributed by atoms with E-state index in [2.05, 4.69) is 47.8 Å². The number of hydrogen-bond acceptors (Lipinski definition) is 10. The second-order valence-corrected chi connectivity index (χ2v) is 16.2. The SMILES string of the molecule is COc1ccccc1N1CCN(CCN(C(=O)C2CCCCC2)c2ccccn2)CC1.COc1ccccc1N1CCN(CCN(C(=O)c2ccc(F)cc2)c2ccccn2)CC1. The second kappa shape index (κ2) is 22.9. The van der Waals surface area contributed by atoms with Crippen molar-refractivity contribution >= 4 is 34.8 Å². The van der Waals surface area contributed by atoms with Crippen LogP contribution in [0.3, 0.4) is 0 Å². The Labute approximate surface area is 371 Å². The normalized spacial score (nSPS) is 16.1. The van der Waals surface area contributed by atoms with Gasteiger partial charge < -0.3 is 19.3 Å². The van der Waals surface area contributed by atoms with Crippen molar-refractivity contribution in [1.82, 2.24) is 19.8 Å². The first-order valence-electron chi connectivity index (χ1n) is 22.3. The quantitative estimate of drug-likeness (QED) is 0.112. The number of halogens is 1. The number of anilines is 4. The molecule has 3 fully saturated rings. The molecule has 2 saturated heterocycles. The number of carbonyl (C=O) groups excluding carboxylic acids is 2. The van der Waals surface area contributed by atoms with Gasteiger partial charge in [-0.25, -0.2) is 14.4 Å². The molecule has 0 unspecified atom stereocenters. The summed E-state index contributed by atoms with van der Waals surface area (Å²) in [7, 11) is 3.42. The van der Waals surface area contributed by atoms with Crippen LogP contribution in [0.2, 0.25) is 0 Å². The van der Waals surface area contributed by atoms with Crippen molar-refractivity contribution in [1.29, 1.82) is 0 Å². The maximum Gasteiger partial charge on any atom is 0.259 e. The first-order valence-corrected chi connectivity index (χ1v) is 22.3. The maximum absolute atomic E-state index is 13.3. The molecule has 0 radical (unpaired) electrons. The van der Waals surface area contributed by atoms with Crippen LogP contribution in [0.5, 0.6) is 11.5 Å². The summed E-state index contributed by atoms with van der Waals surface area (Å²) in [6, 6.07) is 33.2. The first kappa shape index (κ1) is 45.0. The Morgan fingerprint density at radius 2 is 1.05 bits per heavy atom. The molecule has 3 aromatic carbocycles. The van der Waals surface area contributed by atoms with Crippen LogP contribution in [-0.4, -0.2) is 124 Å². The molecule has 2 aromatic heterocycles. The van der Waals surface area contributed by atoms with Crippen LogP contribution in [0.4, 0.5) is 27.4 Å². The number of rotatable bonds is 14.